The summed E-state index contributed by atoms with van der Waals surface area (Å²) in [5, 5.41) is 15.1. The smallest absolute Gasteiger partial charge is 0.0945 e. The molecule has 0 aliphatic heterocycles. The third kappa shape index (κ3) is 4.90. The monoisotopic (exact) mass is 355 g/mol. The normalized spacial score (nSPS) is 12.3. The largest absolute Gasteiger partial charge is 0.389 e. The summed E-state index contributed by atoms with van der Waals surface area (Å²) in [6, 6.07) is 10.1. The summed E-state index contributed by atoms with van der Waals surface area (Å²) < 4.78 is 6.49. The van der Waals surface area contributed by atoms with Crippen LogP contribution in [0, 0.1) is 6.92 Å². The van der Waals surface area contributed by atoms with Crippen LogP contribution in [0.5, 0.6) is 0 Å². The van der Waals surface area contributed by atoms with E-state index in [1.54, 1.807) is 11.3 Å². The summed E-state index contributed by atoms with van der Waals surface area (Å²) in [6.45, 7) is 3.39. The SMILES string of the molecule is Cc1ccc(NCC(O)COCc2cccs2)c(Br)c1. The fourth-order valence-corrected chi connectivity index (χ4v) is 3.01. The zero-order valence-corrected chi connectivity index (χ0v) is 13.7. The minimum atomic E-state index is -0.525. The molecule has 0 aliphatic rings. The van der Waals surface area contributed by atoms with Gasteiger partial charge in [0.05, 0.1) is 19.3 Å². The van der Waals surface area contributed by atoms with Gasteiger partial charge in [-0.05, 0) is 52.0 Å². The molecule has 0 saturated carbocycles. The van der Waals surface area contributed by atoms with Gasteiger partial charge in [-0.25, -0.2) is 0 Å². The van der Waals surface area contributed by atoms with Gasteiger partial charge in [0.2, 0.25) is 0 Å². The van der Waals surface area contributed by atoms with Gasteiger partial charge in [0.15, 0.2) is 0 Å². The third-order valence-corrected chi connectivity index (χ3v) is 4.29. The first kappa shape index (κ1) is 15.5. The first-order valence-electron chi connectivity index (χ1n) is 6.43. The molecule has 0 spiro atoms. The Morgan fingerprint density at radius 3 is 2.95 bits per heavy atom. The third-order valence-electron chi connectivity index (χ3n) is 2.79. The molecule has 1 unspecified atom stereocenters. The predicted molar refractivity (Wildman–Crippen MR) is 87.4 cm³/mol. The number of hydrogen-bond acceptors (Lipinski definition) is 4. The van der Waals surface area contributed by atoms with Crippen LogP contribution in [0.3, 0.4) is 0 Å². The van der Waals surface area contributed by atoms with Crippen LogP contribution in [-0.2, 0) is 11.3 Å². The van der Waals surface area contributed by atoms with Crippen molar-refractivity contribution in [2.24, 2.45) is 0 Å². The fourth-order valence-electron chi connectivity index (χ4n) is 1.74. The second kappa shape index (κ2) is 7.78. The van der Waals surface area contributed by atoms with Crippen LogP contribution >= 0.6 is 27.3 Å². The van der Waals surface area contributed by atoms with Crippen LogP contribution in [0.1, 0.15) is 10.4 Å². The summed E-state index contributed by atoms with van der Waals surface area (Å²) in [6.07, 6.45) is -0.525. The van der Waals surface area contributed by atoms with E-state index in [9.17, 15) is 5.11 Å². The molecule has 2 N–H and O–H groups in total. The molecule has 0 saturated heterocycles. The Bertz CT molecular complexity index is 531. The van der Waals surface area contributed by atoms with E-state index in [0.29, 0.717) is 19.8 Å². The molecule has 0 aliphatic carbocycles. The van der Waals surface area contributed by atoms with Crippen LogP contribution < -0.4 is 5.32 Å². The number of benzene rings is 1. The van der Waals surface area contributed by atoms with Gasteiger partial charge in [0, 0.05) is 21.6 Å². The Kier molecular flexibility index (Phi) is 6.04. The van der Waals surface area contributed by atoms with Crippen molar-refractivity contribution in [2.75, 3.05) is 18.5 Å². The second-order valence-electron chi connectivity index (χ2n) is 4.61. The zero-order chi connectivity index (χ0) is 14.4. The second-order valence-corrected chi connectivity index (χ2v) is 6.50. The van der Waals surface area contributed by atoms with Crippen molar-refractivity contribution in [2.45, 2.75) is 19.6 Å². The average molecular weight is 356 g/mol. The van der Waals surface area contributed by atoms with Gasteiger partial charge in [-0.15, -0.1) is 11.3 Å². The van der Waals surface area contributed by atoms with Crippen LogP contribution in [0.2, 0.25) is 0 Å². The van der Waals surface area contributed by atoms with Gasteiger partial charge in [-0.2, -0.15) is 0 Å². The standard InChI is InChI=1S/C15H18BrNO2S/c1-11-4-5-15(14(16)7-11)17-8-12(18)9-19-10-13-3-2-6-20-13/h2-7,12,17-18H,8-10H2,1H3. The van der Waals surface area contributed by atoms with E-state index in [2.05, 4.69) is 21.2 Å². The number of halogens is 1. The molecule has 0 amide bonds. The van der Waals surface area contributed by atoms with E-state index in [-0.39, 0.29) is 0 Å². The van der Waals surface area contributed by atoms with Crippen molar-refractivity contribution < 1.29 is 9.84 Å². The molecular weight excluding hydrogens is 338 g/mol. The molecule has 3 nitrogen and oxygen atoms in total. The van der Waals surface area contributed by atoms with E-state index >= 15 is 0 Å². The van der Waals surface area contributed by atoms with Crippen LogP contribution in [-0.4, -0.2) is 24.4 Å². The maximum Gasteiger partial charge on any atom is 0.0945 e. The van der Waals surface area contributed by atoms with Gasteiger partial charge in [-0.1, -0.05) is 12.1 Å². The highest BCUT2D eigenvalue weighted by Crippen LogP contribution is 2.23. The molecule has 0 fully saturated rings. The van der Waals surface area contributed by atoms with Crippen LogP contribution in [0.15, 0.2) is 40.2 Å². The molecule has 1 aromatic heterocycles. The van der Waals surface area contributed by atoms with Gasteiger partial charge in [0.1, 0.15) is 0 Å². The minimum absolute atomic E-state index is 0.328. The molecule has 1 atom stereocenters. The van der Waals surface area contributed by atoms with Crippen molar-refractivity contribution in [1.29, 1.82) is 0 Å². The van der Waals surface area contributed by atoms with E-state index in [4.69, 9.17) is 4.74 Å². The number of aliphatic hydroxyl groups excluding tert-OH is 1. The molecule has 20 heavy (non-hydrogen) atoms. The Labute approximate surface area is 131 Å². The first-order chi connectivity index (χ1) is 9.65. The lowest BCUT2D eigenvalue weighted by Gasteiger charge is -2.14. The lowest BCUT2D eigenvalue weighted by molar-refractivity contribution is 0.0359. The minimum Gasteiger partial charge on any atom is -0.389 e. The Morgan fingerprint density at radius 2 is 2.25 bits per heavy atom. The number of nitrogens with one attached hydrogen (secondary N) is 1. The summed E-state index contributed by atoms with van der Waals surface area (Å²) in [5.74, 6) is 0. The Hall–Kier alpha value is -0.880. The van der Waals surface area contributed by atoms with Gasteiger partial charge < -0.3 is 15.2 Å². The van der Waals surface area contributed by atoms with Gasteiger partial charge in [-0.3, -0.25) is 0 Å². The quantitative estimate of drug-likeness (QED) is 0.793. The van der Waals surface area contributed by atoms with Crippen LogP contribution in [0.25, 0.3) is 0 Å². The Morgan fingerprint density at radius 1 is 1.40 bits per heavy atom. The van der Waals surface area contributed by atoms with Gasteiger partial charge in [0.25, 0.3) is 0 Å². The molecule has 2 rings (SSSR count). The highest BCUT2D eigenvalue weighted by Gasteiger charge is 2.06. The number of aryl methyl sites for hydroxylation is 1. The molecule has 1 aromatic carbocycles. The summed E-state index contributed by atoms with van der Waals surface area (Å²) in [4.78, 5) is 1.17. The lowest BCUT2D eigenvalue weighted by Crippen LogP contribution is -2.24. The maximum absolute atomic E-state index is 9.89. The number of thiophene rings is 1. The molecular formula is C15H18BrNO2S. The first-order valence-corrected chi connectivity index (χ1v) is 8.10. The summed E-state index contributed by atoms with van der Waals surface area (Å²) in [7, 11) is 0. The highest BCUT2D eigenvalue weighted by atomic mass is 79.9. The van der Waals surface area contributed by atoms with E-state index < -0.39 is 6.10 Å². The molecule has 2 aromatic rings. The van der Waals surface area contributed by atoms with E-state index in [1.165, 1.54) is 10.4 Å². The highest BCUT2D eigenvalue weighted by molar-refractivity contribution is 9.10. The number of rotatable bonds is 7. The topological polar surface area (TPSA) is 41.5 Å². The van der Waals surface area contributed by atoms with Gasteiger partial charge >= 0.3 is 0 Å². The lowest BCUT2D eigenvalue weighted by atomic mass is 10.2. The average Bonchev–Trinajstić information content (AvgIpc) is 2.91. The van der Waals surface area contributed by atoms with Crippen molar-refractivity contribution in [1.82, 2.24) is 0 Å². The molecule has 1 heterocycles. The van der Waals surface area contributed by atoms with E-state index in [0.717, 1.165) is 10.2 Å². The number of hydrogen-bond donors (Lipinski definition) is 2. The summed E-state index contributed by atoms with van der Waals surface area (Å²) in [5.41, 5.74) is 2.18. The molecule has 108 valence electrons. The zero-order valence-electron chi connectivity index (χ0n) is 11.3. The Balaban J connectivity index is 1.70. The number of ether oxygens (including phenoxy) is 1. The van der Waals surface area contributed by atoms with Crippen molar-refractivity contribution in [3.05, 3.63) is 50.6 Å². The summed E-state index contributed by atoms with van der Waals surface area (Å²) >= 11 is 5.16. The number of aliphatic hydroxyl groups is 1. The molecule has 0 bridgehead atoms. The van der Waals surface area contributed by atoms with Crippen molar-refractivity contribution >= 4 is 33.0 Å². The van der Waals surface area contributed by atoms with Crippen LogP contribution in [0.4, 0.5) is 5.69 Å². The maximum atomic E-state index is 9.89. The fraction of sp³-hybridized carbons (Fsp3) is 0.333. The molecule has 0 radical (unpaired) electrons. The number of anilines is 1. The van der Waals surface area contributed by atoms with Crippen molar-refractivity contribution in [3.8, 4) is 0 Å². The predicted octanol–water partition coefficient (Wildman–Crippen LogP) is 3.81. The molecule has 5 heteroatoms. The van der Waals surface area contributed by atoms with E-state index in [1.807, 2.05) is 42.6 Å². The van der Waals surface area contributed by atoms with Crippen molar-refractivity contribution in [3.63, 3.8) is 0 Å².